The quantitative estimate of drug-likeness (QED) is 0.455. The van der Waals surface area contributed by atoms with E-state index in [0.29, 0.717) is 5.75 Å². The summed E-state index contributed by atoms with van der Waals surface area (Å²) < 4.78 is 10.6. The average Bonchev–Trinajstić information content (AvgIpc) is 2.97. The van der Waals surface area contributed by atoms with Gasteiger partial charge in [-0.2, -0.15) is 0 Å². The minimum atomic E-state index is -0.772. The summed E-state index contributed by atoms with van der Waals surface area (Å²) in [5.74, 6) is -0.514. The zero-order chi connectivity index (χ0) is 20.1. The number of carbonyl (C=O) groups is 3. The van der Waals surface area contributed by atoms with Crippen LogP contribution in [-0.2, 0) is 9.59 Å². The van der Waals surface area contributed by atoms with Crippen LogP contribution in [0, 0.1) is 6.92 Å². The maximum atomic E-state index is 12.1. The first-order chi connectivity index (χ1) is 13.4. The lowest BCUT2D eigenvalue weighted by atomic mass is 10.2. The van der Waals surface area contributed by atoms with E-state index in [1.54, 1.807) is 24.4 Å². The maximum Gasteiger partial charge on any atom is 0.312 e. The number of carbonyl (C=O) groups excluding carboxylic acids is 3. The third kappa shape index (κ3) is 4.98. The normalized spacial score (nSPS) is 16.3. The Morgan fingerprint density at radius 3 is 2.71 bits per heavy atom. The van der Waals surface area contributed by atoms with Crippen molar-refractivity contribution in [3.63, 3.8) is 0 Å². The largest absolute Gasteiger partial charge is 0.493 e. The zero-order valence-electron chi connectivity index (χ0n) is 15.3. The number of aliphatic imine (C=N–C) groups is 1. The van der Waals surface area contributed by atoms with Crippen LogP contribution in [0.15, 0.2) is 47.5 Å². The third-order valence-corrected chi connectivity index (χ3v) is 4.88. The van der Waals surface area contributed by atoms with Gasteiger partial charge < -0.3 is 9.47 Å². The molecule has 1 atom stereocenters. The number of esters is 1. The Kier molecular flexibility index (Phi) is 6.10. The monoisotopic (exact) mass is 398 g/mol. The highest BCUT2D eigenvalue weighted by Gasteiger charge is 2.34. The van der Waals surface area contributed by atoms with Crippen molar-refractivity contribution in [1.82, 2.24) is 5.32 Å². The molecule has 1 N–H and O–H groups in total. The number of ether oxygens (including phenoxy) is 2. The molecule has 1 aliphatic heterocycles. The van der Waals surface area contributed by atoms with E-state index in [1.165, 1.54) is 7.11 Å². The number of nitrogens with one attached hydrogen (secondary N) is 1. The first kappa shape index (κ1) is 19.6. The Morgan fingerprint density at radius 1 is 1.21 bits per heavy atom. The fourth-order valence-electron chi connectivity index (χ4n) is 2.55. The highest BCUT2D eigenvalue weighted by molar-refractivity contribution is 8.15. The molecule has 1 aliphatic rings. The van der Waals surface area contributed by atoms with Crippen molar-refractivity contribution in [2.75, 3.05) is 7.11 Å². The van der Waals surface area contributed by atoms with Crippen LogP contribution in [0.2, 0.25) is 0 Å². The number of aryl methyl sites for hydroxylation is 1. The molecule has 1 unspecified atom stereocenters. The van der Waals surface area contributed by atoms with Crippen LogP contribution in [0.25, 0.3) is 0 Å². The van der Waals surface area contributed by atoms with Gasteiger partial charge in [-0.1, -0.05) is 23.9 Å². The van der Waals surface area contributed by atoms with E-state index >= 15 is 0 Å². The minimum absolute atomic E-state index is 0.206. The molecule has 2 aromatic rings. The Labute approximate surface area is 166 Å². The Hall–Kier alpha value is -3.13. The van der Waals surface area contributed by atoms with Gasteiger partial charge >= 0.3 is 5.97 Å². The molecule has 144 valence electrons. The van der Waals surface area contributed by atoms with Crippen molar-refractivity contribution in [3.05, 3.63) is 53.6 Å². The number of hydrogen-bond acceptors (Lipinski definition) is 7. The van der Waals surface area contributed by atoms with Gasteiger partial charge in [0.05, 0.1) is 19.2 Å². The molecule has 28 heavy (non-hydrogen) atoms. The molecule has 0 saturated carbocycles. The summed E-state index contributed by atoms with van der Waals surface area (Å²) in [7, 11) is 1.47. The molecule has 1 saturated heterocycles. The van der Waals surface area contributed by atoms with E-state index in [9.17, 15) is 14.4 Å². The van der Waals surface area contributed by atoms with E-state index in [-0.39, 0.29) is 12.2 Å². The Bertz CT molecular complexity index is 957. The topological polar surface area (TPSA) is 94.1 Å². The summed E-state index contributed by atoms with van der Waals surface area (Å²) in [5.41, 5.74) is 2.72. The second-order valence-corrected chi connectivity index (χ2v) is 7.24. The van der Waals surface area contributed by atoms with Crippen molar-refractivity contribution in [2.24, 2.45) is 4.99 Å². The van der Waals surface area contributed by atoms with Crippen molar-refractivity contribution < 1.29 is 23.9 Å². The summed E-state index contributed by atoms with van der Waals surface area (Å²) in [4.78, 5) is 39.2. The van der Waals surface area contributed by atoms with E-state index in [2.05, 4.69) is 10.3 Å². The van der Waals surface area contributed by atoms with Crippen LogP contribution < -0.4 is 14.8 Å². The summed E-state index contributed by atoms with van der Waals surface area (Å²) in [5, 5.41) is 0.903. The second kappa shape index (κ2) is 8.71. The minimum Gasteiger partial charge on any atom is -0.493 e. The number of methoxy groups -OCH3 is 1. The van der Waals surface area contributed by atoms with Crippen LogP contribution in [0.1, 0.15) is 17.5 Å². The van der Waals surface area contributed by atoms with E-state index < -0.39 is 22.4 Å². The molecule has 1 fully saturated rings. The van der Waals surface area contributed by atoms with E-state index in [4.69, 9.17) is 9.47 Å². The van der Waals surface area contributed by atoms with Crippen LogP contribution in [0.3, 0.4) is 0 Å². The number of amides is 2. The van der Waals surface area contributed by atoms with Gasteiger partial charge in [-0.15, -0.1) is 0 Å². The molecule has 0 radical (unpaired) electrons. The molecule has 7 nitrogen and oxygen atoms in total. The second-order valence-electron chi connectivity index (χ2n) is 6.07. The predicted octanol–water partition coefficient (Wildman–Crippen LogP) is 3.40. The van der Waals surface area contributed by atoms with Crippen LogP contribution >= 0.6 is 11.8 Å². The van der Waals surface area contributed by atoms with Gasteiger partial charge in [-0.3, -0.25) is 24.7 Å². The van der Waals surface area contributed by atoms with Gasteiger partial charge in [-0.25, -0.2) is 0 Å². The molecule has 0 bridgehead atoms. The van der Waals surface area contributed by atoms with Crippen molar-refractivity contribution in [1.29, 1.82) is 0 Å². The van der Waals surface area contributed by atoms with Crippen LogP contribution in [0.5, 0.6) is 11.5 Å². The smallest absolute Gasteiger partial charge is 0.312 e. The first-order valence-corrected chi connectivity index (χ1v) is 9.33. The Morgan fingerprint density at radius 2 is 2.04 bits per heavy atom. The van der Waals surface area contributed by atoms with Crippen LogP contribution in [0.4, 0.5) is 10.5 Å². The van der Waals surface area contributed by atoms with Gasteiger partial charge in [-0.05, 0) is 48.4 Å². The number of rotatable bonds is 6. The molecule has 3 rings (SSSR count). The SMILES string of the molecule is COc1cc(C=Nc2cccc(C)c2)ccc1OC(=O)CC1SC(=O)NC1=O. The fourth-order valence-corrected chi connectivity index (χ4v) is 3.35. The van der Waals surface area contributed by atoms with Crippen LogP contribution in [-0.4, -0.2) is 35.7 Å². The van der Waals surface area contributed by atoms with Crippen molar-refractivity contribution in [2.45, 2.75) is 18.6 Å². The lowest BCUT2D eigenvalue weighted by molar-refractivity contribution is -0.136. The van der Waals surface area contributed by atoms with Gasteiger partial charge in [0.25, 0.3) is 5.24 Å². The molecule has 1 heterocycles. The highest BCUT2D eigenvalue weighted by atomic mass is 32.2. The van der Waals surface area contributed by atoms with Crippen molar-refractivity contribution in [3.8, 4) is 11.5 Å². The summed E-state index contributed by atoms with van der Waals surface area (Å²) >= 11 is 0.781. The highest BCUT2D eigenvalue weighted by Crippen LogP contribution is 2.29. The van der Waals surface area contributed by atoms with Gasteiger partial charge in [0.1, 0.15) is 5.25 Å². The lowest BCUT2D eigenvalue weighted by Crippen LogP contribution is -2.27. The summed E-state index contributed by atoms with van der Waals surface area (Å²) in [6.07, 6.45) is 1.48. The number of nitrogens with zero attached hydrogens (tertiary/aromatic N) is 1. The molecule has 0 aromatic heterocycles. The standard InChI is InChI=1S/C20H18N2O5S/c1-12-4-3-5-14(8-12)21-11-13-6-7-15(16(9-13)26-2)27-18(23)10-17-19(24)22-20(25)28-17/h3-9,11,17H,10H2,1-2H3,(H,22,24,25). The summed E-state index contributed by atoms with van der Waals surface area (Å²) in [6, 6.07) is 12.8. The molecule has 0 aliphatic carbocycles. The molecule has 2 amide bonds. The number of hydrogen-bond donors (Lipinski definition) is 1. The molecule has 2 aromatic carbocycles. The first-order valence-electron chi connectivity index (χ1n) is 8.45. The van der Waals surface area contributed by atoms with E-state index in [1.807, 2.05) is 31.2 Å². The lowest BCUT2D eigenvalue weighted by Gasteiger charge is -2.10. The Balaban J connectivity index is 1.68. The predicted molar refractivity (Wildman–Crippen MR) is 107 cm³/mol. The molecular weight excluding hydrogens is 380 g/mol. The molecule has 0 spiro atoms. The number of thioether (sulfide) groups is 1. The number of imide groups is 1. The number of benzene rings is 2. The fraction of sp³-hybridized carbons (Fsp3) is 0.200. The maximum absolute atomic E-state index is 12.1. The molecular formula is C20H18N2O5S. The van der Waals surface area contributed by atoms with Crippen molar-refractivity contribution >= 4 is 40.8 Å². The average molecular weight is 398 g/mol. The van der Waals surface area contributed by atoms with Gasteiger partial charge in [0.2, 0.25) is 5.91 Å². The van der Waals surface area contributed by atoms with Gasteiger partial charge in [0, 0.05) is 6.21 Å². The van der Waals surface area contributed by atoms with Gasteiger partial charge in [0.15, 0.2) is 11.5 Å². The third-order valence-electron chi connectivity index (χ3n) is 3.89. The summed E-state index contributed by atoms with van der Waals surface area (Å²) in [6.45, 7) is 1.99. The van der Waals surface area contributed by atoms with E-state index in [0.717, 1.165) is 28.6 Å². The molecule has 8 heteroatoms. The zero-order valence-corrected chi connectivity index (χ0v) is 16.1.